The van der Waals surface area contributed by atoms with E-state index in [0.717, 1.165) is 5.56 Å². The molecule has 0 fully saturated rings. The zero-order chi connectivity index (χ0) is 19.6. The van der Waals surface area contributed by atoms with Crippen LogP contribution in [0.25, 0.3) is 10.6 Å². The van der Waals surface area contributed by atoms with Crippen molar-refractivity contribution < 1.29 is 9.50 Å². The van der Waals surface area contributed by atoms with Crippen LogP contribution in [0.1, 0.15) is 22.2 Å². The van der Waals surface area contributed by atoms with Crippen molar-refractivity contribution in [2.75, 3.05) is 5.32 Å². The third-order valence-corrected chi connectivity index (χ3v) is 6.15. The van der Waals surface area contributed by atoms with Crippen LogP contribution in [0, 0.1) is 24.1 Å². The molecule has 3 aromatic rings. The van der Waals surface area contributed by atoms with Crippen LogP contribution in [0.2, 0.25) is 5.02 Å². The number of rotatable bonds is 5. The lowest BCUT2D eigenvalue weighted by Crippen LogP contribution is -2.21. The van der Waals surface area contributed by atoms with Gasteiger partial charge in [0.2, 0.25) is 0 Å². The molecule has 0 saturated carbocycles. The van der Waals surface area contributed by atoms with Gasteiger partial charge in [0.1, 0.15) is 32.1 Å². The minimum absolute atomic E-state index is 0.320. The van der Waals surface area contributed by atoms with E-state index >= 15 is 0 Å². The van der Waals surface area contributed by atoms with Gasteiger partial charge in [-0.05, 0) is 71.5 Å². The number of nitrogens with one attached hydrogen (secondary N) is 1. The van der Waals surface area contributed by atoms with Crippen LogP contribution < -0.4 is 5.32 Å². The van der Waals surface area contributed by atoms with Crippen molar-refractivity contribution in [3.63, 3.8) is 0 Å². The number of halogens is 3. The molecule has 2 aromatic carbocycles. The Morgan fingerprint density at radius 2 is 1.96 bits per heavy atom. The third kappa shape index (κ3) is 4.38. The molecule has 0 aliphatic carbocycles. The van der Waals surface area contributed by atoms with E-state index in [-0.39, 0.29) is 5.82 Å². The van der Waals surface area contributed by atoms with Gasteiger partial charge in [0, 0.05) is 11.3 Å². The Morgan fingerprint density at radius 3 is 2.59 bits per heavy atom. The van der Waals surface area contributed by atoms with Gasteiger partial charge in [-0.25, -0.2) is 4.39 Å². The van der Waals surface area contributed by atoms with Gasteiger partial charge in [0.25, 0.3) is 0 Å². The molecular formula is C18H13ClFIN4OS. The number of nitrogens with zero attached hydrogens (tertiary/aromatic N) is 3. The summed E-state index contributed by atoms with van der Waals surface area (Å²) < 4.78 is 12.3. The summed E-state index contributed by atoms with van der Waals surface area (Å²) in [5.41, 5.74) is 2.54. The average molecular weight is 515 g/mol. The molecule has 9 heteroatoms. The molecule has 0 unspecified atom stereocenters. The third-order valence-electron chi connectivity index (χ3n) is 3.89. The summed E-state index contributed by atoms with van der Waals surface area (Å²) in [6, 6.07) is 10.9. The van der Waals surface area contributed by atoms with Gasteiger partial charge in [-0.15, -0.1) is 10.2 Å². The Bertz CT molecular complexity index is 1000. The summed E-state index contributed by atoms with van der Waals surface area (Å²) >= 11 is 9.42. The highest BCUT2D eigenvalue weighted by Gasteiger charge is 2.24. The molecule has 0 saturated heterocycles. The van der Waals surface area contributed by atoms with Crippen LogP contribution in [-0.2, 0) is 0 Å². The lowest BCUT2D eigenvalue weighted by molar-refractivity contribution is 0.256. The number of hydrogen-bond acceptors (Lipinski definition) is 6. The predicted molar refractivity (Wildman–Crippen MR) is 113 cm³/mol. The van der Waals surface area contributed by atoms with Crippen molar-refractivity contribution in [3.8, 4) is 16.6 Å². The average Bonchev–Trinajstić information content (AvgIpc) is 3.13. The lowest BCUT2D eigenvalue weighted by Gasteiger charge is -2.21. The summed E-state index contributed by atoms with van der Waals surface area (Å²) in [5.74, 6) is -0.320. The topological polar surface area (TPSA) is 81.8 Å². The molecule has 138 valence electrons. The Kier molecular flexibility index (Phi) is 6.26. The highest BCUT2D eigenvalue weighted by Crippen LogP contribution is 2.35. The number of nitriles is 1. The monoisotopic (exact) mass is 514 g/mol. The molecular weight excluding hydrogens is 502 g/mol. The van der Waals surface area contributed by atoms with Gasteiger partial charge >= 0.3 is 0 Å². The first-order valence-corrected chi connectivity index (χ1v) is 10.2. The molecule has 0 bridgehead atoms. The van der Waals surface area contributed by atoms with E-state index < -0.39 is 10.2 Å². The molecule has 3 rings (SSSR count). The number of aromatic nitrogens is 2. The normalized spacial score (nSPS) is 13.0. The Morgan fingerprint density at radius 1 is 1.26 bits per heavy atom. The fourth-order valence-corrected chi connectivity index (χ4v) is 4.31. The fraction of sp³-hybridized carbons (Fsp3) is 0.167. The van der Waals surface area contributed by atoms with Crippen LogP contribution in [-0.4, -0.2) is 19.4 Å². The summed E-state index contributed by atoms with van der Waals surface area (Å²) in [5, 5.41) is 32.4. The van der Waals surface area contributed by atoms with Gasteiger partial charge < -0.3 is 10.4 Å². The first-order valence-electron chi connectivity index (χ1n) is 7.78. The largest absolute Gasteiger partial charge is 0.380 e. The minimum atomic E-state index is -0.787. The SMILES string of the molecule is Cc1c(N[C@@H](c2nnc(-c3ccc(F)cc3)s2)[C@H](O)I)ccc(C#N)c1Cl. The standard InChI is InChI=1S/C18H13ClFIN4OS/c1-9-13(7-4-11(8-22)14(9)19)23-15(16(21)26)18-25-24-17(27-18)10-2-5-12(20)6-3-10/h2-7,15-16,23,26H,1H3/t15-,16+/m1/s1. The van der Waals surface area contributed by atoms with Gasteiger partial charge in [-0.3, -0.25) is 0 Å². The summed E-state index contributed by atoms with van der Waals surface area (Å²) in [6.07, 6.45) is 0. The maximum atomic E-state index is 13.1. The molecule has 0 aliphatic rings. The van der Waals surface area contributed by atoms with Gasteiger partial charge in [0.15, 0.2) is 0 Å². The van der Waals surface area contributed by atoms with E-state index in [1.807, 2.05) is 28.7 Å². The lowest BCUT2D eigenvalue weighted by atomic mass is 10.1. The Hall–Kier alpha value is -1.80. The van der Waals surface area contributed by atoms with Gasteiger partial charge in [-0.1, -0.05) is 22.9 Å². The van der Waals surface area contributed by atoms with Crippen molar-refractivity contribution in [1.82, 2.24) is 10.2 Å². The van der Waals surface area contributed by atoms with Crippen LogP contribution >= 0.6 is 45.5 Å². The summed E-state index contributed by atoms with van der Waals surface area (Å²) in [7, 11) is 0. The highest BCUT2D eigenvalue weighted by atomic mass is 127. The number of aliphatic hydroxyl groups excluding tert-OH is 1. The molecule has 0 radical (unpaired) electrons. The zero-order valence-corrected chi connectivity index (χ0v) is 17.7. The number of benzene rings is 2. The molecule has 27 heavy (non-hydrogen) atoms. The van der Waals surface area contributed by atoms with Crippen LogP contribution in [0.4, 0.5) is 10.1 Å². The van der Waals surface area contributed by atoms with Crippen molar-refractivity contribution in [2.24, 2.45) is 0 Å². The van der Waals surface area contributed by atoms with E-state index in [4.69, 9.17) is 16.9 Å². The minimum Gasteiger partial charge on any atom is -0.380 e. The molecule has 5 nitrogen and oxygen atoms in total. The second-order valence-electron chi connectivity index (χ2n) is 5.66. The van der Waals surface area contributed by atoms with Crippen molar-refractivity contribution in [1.29, 1.82) is 5.26 Å². The van der Waals surface area contributed by atoms with Crippen molar-refractivity contribution in [3.05, 3.63) is 63.4 Å². The second-order valence-corrected chi connectivity index (χ2v) is 8.32. The van der Waals surface area contributed by atoms with Crippen LogP contribution in [0.3, 0.4) is 0 Å². The quantitative estimate of drug-likeness (QED) is 0.366. The number of aliphatic hydroxyl groups is 1. The van der Waals surface area contributed by atoms with Gasteiger partial charge in [-0.2, -0.15) is 5.26 Å². The summed E-state index contributed by atoms with van der Waals surface area (Å²) in [4.78, 5) is 0. The number of hydrogen-bond donors (Lipinski definition) is 2. The van der Waals surface area contributed by atoms with Crippen molar-refractivity contribution >= 4 is 51.2 Å². The first-order chi connectivity index (χ1) is 12.9. The second kappa shape index (κ2) is 8.48. The van der Waals surface area contributed by atoms with E-state index in [2.05, 4.69) is 15.5 Å². The molecule has 2 N–H and O–H groups in total. The van der Waals surface area contributed by atoms with Crippen LogP contribution in [0.15, 0.2) is 36.4 Å². The van der Waals surface area contributed by atoms with E-state index in [1.54, 1.807) is 31.2 Å². The smallest absolute Gasteiger partial charge is 0.147 e. The number of anilines is 1. The predicted octanol–water partition coefficient (Wildman–Crippen LogP) is 5.08. The maximum Gasteiger partial charge on any atom is 0.147 e. The van der Waals surface area contributed by atoms with E-state index in [0.29, 0.717) is 31.9 Å². The Balaban J connectivity index is 1.90. The van der Waals surface area contributed by atoms with Gasteiger partial charge in [0.05, 0.1) is 10.6 Å². The Labute approximate surface area is 178 Å². The molecule has 2 atom stereocenters. The highest BCUT2D eigenvalue weighted by molar-refractivity contribution is 14.1. The zero-order valence-electron chi connectivity index (χ0n) is 13.9. The first kappa shape index (κ1) is 19.9. The van der Waals surface area contributed by atoms with Crippen molar-refractivity contribution in [2.45, 2.75) is 17.1 Å². The van der Waals surface area contributed by atoms with E-state index in [9.17, 15) is 9.50 Å². The maximum absolute atomic E-state index is 13.1. The molecule has 1 aromatic heterocycles. The van der Waals surface area contributed by atoms with E-state index in [1.165, 1.54) is 23.5 Å². The fourth-order valence-electron chi connectivity index (χ4n) is 2.41. The molecule has 0 amide bonds. The van der Waals surface area contributed by atoms with Crippen LogP contribution in [0.5, 0.6) is 0 Å². The number of alkyl halides is 1. The molecule has 1 heterocycles. The summed E-state index contributed by atoms with van der Waals surface area (Å²) in [6.45, 7) is 1.80. The molecule has 0 spiro atoms. The molecule has 0 aliphatic heterocycles.